The molecule has 2 aromatic heterocycles. The molecule has 2 aromatic rings. The molecule has 214 valence electrons. The van der Waals surface area contributed by atoms with Crippen molar-refractivity contribution in [3.8, 4) is 23.0 Å². The third-order valence-electron chi connectivity index (χ3n) is 7.67. The van der Waals surface area contributed by atoms with Gasteiger partial charge in [-0.25, -0.2) is 9.97 Å². The molecule has 0 amide bonds. The maximum atomic E-state index is 6.24. The first-order chi connectivity index (χ1) is 18.3. The van der Waals surface area contributed by atoms with Gasteiger partial charge in [-0.15, -0.1) is 0 Å². The Kier molecular flexibility index (Phi) is 15.8. The molecule has 0 saturated heterocycles. The number of pyridine rings is 1. The summed E-state index contributed by atoms with van der Waals surface area (Å²) in [5, 5.41) is 0. The van der Waals surface area contributed by atoms with Gasteiger partial charge >= 0.3 is 0 Å². The van der Waals surface area contributed by atoms with Gasteiger partial charge in [0.2, 0.25) is 31.3 Å². The van der Waals surface area contributed by atoms with Crippen LogP contribution in [0.25, 0.3) is 11.3 Å². The first-order valence-corrected chi connectivity index (χ1v) is 18.5. The highest BCUT2D eigenvalue weighted by molar-refractivity contribution is 6.28. The van der Waals surface area contributed by atoms with E-state index in [0.29, 0.717) is 23.1 Å². The van der Waals surface area contributed by atoms with E-state index in [0.717, 1.165) is 17.2 Å². The predicted octanol–water partition coefficient (Wildman–Crippen LogP) is 7.93. The first-order valence-electron chi connectivity index (χ1n) is 15.4. The second-order valence-corrected chi connectivity index (χ2v) is 14.8. The zero-order valence-electron chi connectivity index (χ0n) is 25.3. The quantitative estimate of drug-likeness (QED) is 0.115. The normalized spacial score (nSPS) is 13.9. The van der Waals surface area contributed by atoms with Crippen LogP contribution in [0.5, 0.6) is 11.8 Å². The third-order valence-corrected chi connectivity index (χ3v) is 10.7. The van der Waals surface area contributed by atoms with Crippen LogP contribution in [0, 0.1) is 17.3 Å². The molecule has 0 spiro atoms. The Bertz CT molecular complexity index is 897. The van der Waals surface area contributed by atoms with Crippen molar-refractivity contribution >= 4 is 19.5 Å². The van der Waals surface area contributed by atoms with Crippen molar-refractivity contribution in [3.05, 3.63) is 30.7 Å². The highest BCUT2D eigenvalue weighted by atomic mass is 28.2. The number of aromatic nitrogens is 3. The Morgan fingerprint density at radius 2 is 1.63 bits per heavy atom. The lowest BCUT2D eigenvalue weighted by Crippen LogP contribution is -2.11. The van der Waals surface area contributed by atoms with E-state index in [1.807, 2.05) is 12.1 Å². The van der Waals surface area contributed by atoms with Gasteiger partial charge in [-0.2, -0.15) is 0 Å². The molecular weight excluding hydrogens is 503 g/mol. The minimum Gasteiger partial charge on any atom is -0.536 e. The molecule has 2 rings (SSSR count). The van der Waals surface area contributed by atoms with Gasteiger partial charge in [0.05, 0.1) is 23.7 Å². The van der Waals surface area contributed by atoms with Gasteiger partial charge in [0, 0.05) is 6.20 Å². The fourth-order valence-electron chi connectivity index (χ4n) is 4.85. The average molecular weight is 558 g/mol. The number of unbranched alkanes of at least 4 members (excludes halogenated alkanes) is 3. The molecule has 0 aliphatic carbocycles. The Morgan fingerprint density at radius 3 is 2.42 bits per heavy atom. The molecule has 38 heavy (non-hydrogen) atoms. The van der Waals surface area contributed by atoms with Crippen molar-refractivity contribution in [1.29, 1.82) is 0 Å². The molecule has 2 heterocycles. The van der Waals surface area contributed by atoms with Gasteiger partial charge < -0.3 is 8.85 Å². The second-order valence-electron chi connectivity index (χ2n) is 12.1. The van der Waals surface area contributed by atoms with Crippen LogP contribution in [0.1, 0.15) is 112 Å². The van der Waals surface area contributed by atoms with E-state index in [1.54, 1.807) is 18.6 Å². The smallest absolute Gasteiger partial charge is 0.221 e. The molecule has 7 heteroatoms. The summed E-state index contributed by atoms with van der Waals surface area (Å²) in [7, 11) is -1.36. The summed E-state index contributed by atoms with van der Waals surface area (Å²) < 4.78 is 12.4. The molecule has 0 fully saturated rings. The second kappa shape index (κ2) is 18.5. The molecule has 0 aliphatic heterocycles. The van der Waals surface area contributed by atoms with E-state index in [2.05, 4.69) is 51.5 Å². The van der Waals surface area contributed by atoms with Gasteiger partial charge in [-0.1, -0.05) is 99.3 Å². The molecule has 0 radical (unpaired) electrons. The van der Waals surface area contributed by atoms with E-state index in [4.69, 9.17) is 13.8 Å². The van der Waals surface area contributed by atoms with Crippen molar-refractivity contribution in [2.24, 2.45) is 17.3 Å². The minimum atomic E-state index is -0.680. The van der Waals surface area contributed by atoms with Gasteiger partial charge in [-0.3, -0.25) is 4.98 Å². The summed E-state index contributed by atoms with van der Waals surface area (Å²) in [6.45, 7) is 14.1. The number of nitrogens with zero attached hydrogens (tertiary/aromatic N) is 3. The molecule has 0 aliphatic rings. The molecule has 0 bridgehead atoms. The fraction of sp³-hybridized carbons (Fsp3) is 0.710. The Labute approximate surface area is 238 Å². The standard InChI is InChI=1S/C31H55N3O2Si2/c1-7-9-14-25(3)16-17-26(4)24-38-35-29-23-32-22-28(34-29)27-15-13-20-33-30(27)36-37-21-12-11-19-31(5,6)18-10-8-2/h13,15,20,22-23,25-26H,7-12,14,16-19,21,24,37-38H2,1-6H3. The summed E-state index contributed by atoms with van der Waals surface area (Å²) >= 11 is 0. The first kappa shape index (κ1) is 32.5. The number of hydrogen-bond donors (Lipinski definition) is 0. The van der Waals surface area contributed by atoms with Crippen molar-refractivity contribution in [1.82, 2.24) is 15.0 Å². The number of rotatable bonds is 21. The van der Waals surface area contributed by atoms with Crippen LogP contribution in [0.4, 0.5) is 0 Å². The Balaban J connectivity index is 1.78. The van der Waals surface area contributed by atoms with Crippen molar-refractivity contribution in [2.75, 3.05) is 0 Å². The van der Waals surface area contributed by atoms with Crippen LogP contribution in [0.15, 0.2) is 30.7 Å². The summed E-state index contributed by atoms with van der Waals surface area (Å²) in [6, 6.07) is 6.32. The van der Waals surface area contributed by atoms with E-state index in [9.17, 15) is 0 Å². The maximum absolute atomic E-state index is 6.24. The zero-order chi connectivity index (χ0) is 27.6. The maximum Gasteiger partial charge on any atom is 0.221 e. The third kappa shape index (κ3) is 13.4. The minimum absolute atomic E-state index is 0.464. The topological polar surface area (TPSA) is 57.1 Å². The lowest BCUT2D eigenvalue weighted by molar-refractivity contribution is 0.288. The van der Waals surface area contributed by atoms with Crippen LogP contribution in [-0.4, -0.2) is 34.5 Å². The molecule has 0 saturated carbocycles. The van der Waals surface area contributed by atoms with Crippen LogP contribution in [0.2, 0.25) is 12.1 Å². The van der Waals surface area contributed by atoms with Gasteiger partial charge in [0.1, 0.15) is 0 Å². The summed E-state index contributed by atoms with van der Waals surface area (Å²) in [5.41, 5.74) is 2.16. The molecular formula is C31H55N3O2Si2. The van der Waals surface area contributed by atoms with E-state index < -0.39 is 19.5 Å². The lowest BCUT2D eigenvalue weighted by Gasteiger charge is -2.24. The van der Waals surface area contributed by atoms with Crippen molar-refractivity contribution in [2.45, 2.75) is 124 Å². The Hall–Kier alpha value is -1.74. The van der Waals surface area contributed by atoms with E-state index in [1.165, 1.54) is 82.7 Å². The lowest BCUT2D eigenvalue weighted by atomic mass is 9.82. The molecule has 0 N–H and O–H groups in total. The summed E-state index contributed by atoms with van der Waals surface area (Å²) in [4.78, 5) is 13.7. The molecule has 2 unspecified atom stereocenters. The summed E-state index contributed by atoms with van der Waals surface area (Å²) in [5.74, 6) is 2.88. The number of hydrogen-bond acceptors (Lipinski definition) is 5. The van der Waals surface area contributed by atoms with Crippen LogP contribution >= 0.6 is 0 Å². The fourth-order valence-corrected chi connectivity index (χ4v) is 7.14. The highest BCUT2D eigenvalue weighted by Gasteiger charge is 2.16. The van der Waals surface area contributed by atoms with Crippen molar-refractivity contribution in [3.63, 3.8) is 0 Å². The Morgan fingerprint density at radius 1 is 0.868 bits per heavy atom. The van der Waals surface area contributed by atoms with E-state index in [-0.39, 0.29) is 0 Å². The zero-order valence-corrected chi connectivity index (χ0v) is 28.1. The predicted molar refractivity (Wildman–Crippen MR) is 167 cm³/mol. The SMILES string of the molecule is CCCCC(C)CCC(C)C[SiH2]Oc1cncc(-c2cccnc2O[SiH2]CCCCC(C)(C)CCCC)n1. The van der Waals surface area contributed by atoms with E-state index >= 15 is 0 Å². The van der Waals surface area contributed by atoms with Gasteiger partial charge in [0.15, 0.2) is 0 Å². The summed E-state index contributed by atoms with van der Waals surface area (Å²) in [6.07, 6.45) is 19.8. The van der Waals surface area contributed by atoms with Crippen LogP contribution in [0.3, 0.4) is 0 Å². The monoisotopic (exact) mass is 557 g/mol. The highest BCUT2D eigenvalue weighted by Crippen LogP contribution is 2.30. The molecule has 0 aromatic carbocycles. The van der Waals surface area contributed by atoms with Crippen LogP contribution < -0.4 is 8.85 Å². The van der Waals surface area contributed by atoms with Gasteiger partial charge in [-0.05, 0) is 54.3 Å². The van der Waals surface area contributed by atoms with Crippen molar-refractivity contribution < 1.29 is 8.85 Å². The average Bonchev–Trinajstić information content (AvgIpc) is 2.92. The molecule has 5 nitrogen and oxygen atoms in total. The molecule has 2 atom stereocenters. The largest absolute Gasteiger partial charge is 0.536 e. The van der Waals surface area contributed by atoms with Crippen LogP contribution in [-0.2, 0) is 0 Å². The van der Waals surface area contributed by atoms with Gasteiger partial charge in [0.25, 0.3) is 0 Å².